The van der Waals surface area contributed by atoms with Crippen molar-refractivity contribution in [2.75, 3.05) is 5.75 Å². The highest BCUT2D eigenvalue weighted by molar-refractivity contribution is 7.92. The largest absolute Gasteiger partial charge is 0.411 e. The first kappa shape index (κ1) is 14.9. The zero-order valence-electron chi connectivity index (χ0n) is 11.0. The van der Waals surface area contributed by atoms with Crippen molar-refractivity contribution in [2.45, 2.75) is 4.90 Å². The zero-order valence-corrected chi connectivity index (χ0v) is 11.8. The Morgan fingerprint density at radius 1 is 0.952 bits per heavy atom. The van der Waals surface area contributed by atoms with Gasteiger partial charge in [0.15, 0.2) is 9.84 Å². The second kappa shape index (κ2) is 6.32. The lowest BCUT2D eigenvalue weighted by Gasteiger charge is -2.06. The Bertz CT molecular complexity index is 753. The second-order valence-corrected chi connectivity index (χ2v) is 6.30. The zero-order chi connectivity index (χ0) is 15.3. The fourth-order valence-corrected chi connectivity index (χ4v) is 3.07. The fourth-order valence-electron chi connectivity index (χ4n) is 1.79. The van der Waals surface area contributed by atoms with Crippen LogP contribution >= 0.6 is 0 Å². The lowest BCUT2D eigenvalue weighted by Crippen LogP contribution is -2.24. The number of benzene rings is 2. The summed E-state index contributed by atoms with van der Waals surface area (Å²) in [5.74, 6) is -1.26. The molecule has 2 rings (SSSR count). The van der Waals surface area contributed by atoms with Crippen molar-refractivity contribution in [3.05, 3.63) is 66.2 Å². The van der Waals surface area contributed by atoms with E-state index in [1.54, 1.807) is 36.4 Å². The standard InChI is InChI=1S/C15H13NO4S/c17-15(12-7-3-1-4-8-12)14(16-18)11-21(19,20)13-9-5-2-6-10-13/h1-10,18H,11H2/b16-14-. The molecule has 5 nitrogen and oxygen atoms in total. The molecule has 0 aliphatic rings. The van der Waals surface area contributed by atoms with Gasteiger partial charge in [-0.1, -0.05) is 53.7 Å². The second-order valence-electron chi connectivity index (χ2n) is 4.31. The van der Waals surface area contributed by atoms with Gasteiger partial charge in [0, 0.05) is 5.56 Å². The molecule has 0 unspecified atom stereocenters. The van der Waals surface area contributed by atoms with Crippen molar-refractivity contribution in [2.24, 2.45) is 5.16 Å². The predicted octanol–water partition coefficient (Wildman–Crippen LogP) is 2.17. The van der Waals surface area contributed by atoms with Gasteiger partial charge in [-0.15, -0.1) is 0 Å². The number of oxime groups is 1. The molecule has 0 aliphatic heterocycles. The normalized spacial score (nSPS) is 12.1. The van der Waals surface area contributed by atoms with Gasteiger partial charge in [0.2, 0.25) is 5.78 Å². The first-order valence-corrected chi connectivity index (χ1v) is 7.78. The quantitative estimate of drug-likeness (QED) is 0.397. The molecule has 6 heteroatoms. The molecule has 108 valence electrons. The molecule has 21 heavy (non-hydrogen) atoms. The van der Waals surface area contributed by atoms with Crippen molar-refractivity contribution < 1.29 is 18.4 Å². The molecule has 0 amide bonds. The number of carbonyl (C=O) groups is 1. The van der Waals surface area contributed by atoms with Crippen molar-refractivity contribution in [1.29, 1.82) is 0 Å². The third-order valence-electron chi connectivity index (χ3n) is 2.85. The van der Waals surface area contributed by atoms with Gasteiger partial charge in [-0.3, -0.25) is 4.79 Å². The number of sulfone groups is 1. The van der Waals surface area contributed by atoms with Gasteiger partial charge in [-0.2, -0.15) is 0 Å². The molecule has 2 aromatic rings. The Kier molecular flexibility index (Phi) is 4.49. The van der Waals surface area contributed by atoms with Crippen LogP contribution in [0.25, 0.3) is 0 Å². The summed E-state index contributed by atoms with van der Waals surface area (Å²) in [6.45, 7) is 0. The van der Waals surface area contributed by atoms with Crippen LogP contribution in [0.2, 0.25) is 0 Å². The number of hydrogen-bond donors (Lipinski definition) is 1. The third kappa shape index (κ3) is 3.55. The van der Waals surface area contributed by atoms with Gasteiger partial charge < -0.3 is 5.21 Å². The molecule has 0 radical (unpaired) electrons. The van der Waals surface area contributed by atoms with Gasteiger partial charge >= 0.3 is 0 Å². The van der Waals surface area contributed by atoms with E-state index in [9.17, 15) is 13.2 Å². The molecular formula is C15H13NO4S. The van der Waals surface area contributed by atoms with Crippen LogP contribution in [-0.2, 0) is 9.84 Å². The molecular weight excluding hydrogens is 290 g/mol. The summed E-state index contributed by atoms with van der Waals surface area (Å²) in [6.07, 6.45) is 0. The van der Waals surface area contributed by atoms with Gasteiger partial charge in [0.25, 0.3) is 0 Å². The average molecular weight is 303 g/mol. The van der Waals surface area contributed by atoms with Gasteiger partial charge in [0.05, 0.1) is 4.90 Å². The van der Waals surface area contributed by atoms with Crippen LogP contribution in [0.1, 0.15) is 10.4 Å². The number of carbonyl (C=O) groups excluding carboxylic acids is 1. The van der Waals surface area contributed by atoms with Crippen LogP contribution in [0.5, 0.6) is 0 Å². The van der Waals surface area contributed by atoms with E-state index in [0.717, 1.165) is 0 Å². The van der Waals surface area contributed by atoms with Crippen LogP contribution in [0.4, 0.5) is 0 Å². The minimum absolute atomic E-state index is 0.0759. The molecule has 0 aromatic heterocycles. The van der Waals surface area contributed by atoms with Crippen LogP contribution in [0.3, 0.4) is 0 Å². The van der Waals surface area contributed by atoms with E-state index in [2.05, 4.69) is 5.16 Å². The molecule has 0 bridgehead atoms. The fraction of sp³-hybridized carbons (Fsp3) is 0.0667. The molecule has 1 N–H and O–H groups in total. The lowest BCUT2D eigenvalue weighted by molar-refractivity contribution is 0.106. The Morgan fingerprint density at radius 2 is 1.48 bits per heavy atom. The van der Waals surface area contributed by atoms with E-state index in [-0.39, 0.29) is 10.5 Å². The number of hydrogen-bond acceptors (Lipinski definition) is 5. The Labute approximate surface area is 122 Å². The van der Waals surface area contributed by atoms with Crippen LogP contribution in [0.15, 0.2) is 70.7 Å². The van der Waals surface area contributed by atoms with Crippen LogP contribution in [-0.4, -0.2) is 30.9 Å². The molecule has 0 saturated carbocycles. The molecule has 0 spiro atoms. The SMILES string of the molecule is O=C(/C(CS(=O)(=O)c1ccccc1)=N\O)c1ccccc1. The van der Waals surface area contributed by atoms with Crippen molar-refractivity contribution in [3.63, 3.8) is 0 Å². The average Bonchev–Trinajstić information content (AvgIpc) is 2.53. The van der Waals surface area contributed by atoms with Gasteiger partial charge in [-0.05, 0) is 12.1 Å². The van der Waals surface area contributed by atoms with E-state index in [4.69, 9.17) is 5.21 Å². The summed E-state index contributed by atoms with van der Waals surface area (Å²) < 4.78 is 24.4. The smallest absolute Gasteiger partial charge is 0.211 e. The van der Waals surface area contributed by atoms with Crippen molar-refractivity contribution >= 4 is 21.3 Å². The minimum Gasteiger partial charge on any atom is -0.411 e. The van der Waals surface area contributed by atoms with E-state index in [1.807, 2.05) is 0 Å². The highest BCUT2D eigenvalue weighted by Gasteiger charge is 2.23. The van der Waals surface area contributed by atoms with Gasteiger partial charge in [-0.25, -0.2) is 8.42 Å². The van der Waals surface area contributed by atoms with Crippen molar-refractivity contribution in [3.8, 4) is 0 Å². The Hall–Kier alpha value is -2.47. The first-order chi connectivity index (χ1) is 10.0. The monoisotopic (exact) mass is 303 g/mol. The molecule has 0 heterocycles. The minimum atomic E-state index is -3.74. The molecule has 2 aromatic carbocycles. The van der Waals surface area contributed by atoms with E-state index in [1.165, 1.54) is 24.3 Å². The highest BCUT2D eigenvalue weighted by atomic mass is 32.2. The molecule has 0 atom stereocenters. The van der Waals surface area contributed by atoms with Crippen LogP contribution in [0, 0.1) is 0 Å². The molecule has 0 saturated heterocycles. The summed E-state index contributed by atoms with van der Waals surface area (Å²) in [5, 5.41) is 11.8. The maximum atomic E-state index is 12.2. The highest BCUT2D eigenvalue weighted by Crippen LogP contribution is 2.12. The van der Waals surface area contributed by atoms with Gasteiger partial charge in [0.1, 0.15) is 11.5 Å². The Morgan fingerprint density at radius 3 is 2.00 bits per heavy atom. The van der Waals surface area contributed by atoms with E-state index >= 15 is 0 Å². The first-order valence-electron chi connectivity index (χ1n) is 6.13. The number of rotatable bonds is 5. The van der Waals surface area contributed by atoms with Crippen molar-refractivity contribution in [1.82, 2.24) is 0 Å². The number of Topliss-reactive ketones (excluding diaryl/α,β-unsaturated/α-hetero) is 1. The maximum Gasteiger partial charge on any atom is 0.211 e. The summed E-state index contributed by atoms with van der Waals surface area (Å²) >= 11 is 0. The summed E-state index contributed by atoms with van der Waals surface area (Å²) in [6, 6.07) is 15.8. The van der Waals surface area contributed by atoms with E-state index < -0.39 is 27.1 Å². The third-order valence-corrected chi connectivity index (χ3v) is 4.49. The Balaban J connectivity index is 2.27. The number of nitrogens with zero attached hydrogens (tertiary/aromatic N) is 1. The maximum absolute atomic E-state index is 12.2. The summed E-state index contributed by atoms with van der Waals surface area (Å²) in [7, 11) is -3.74. The summed E-state index contributed by atoms with van der Waals surface area (Å²) in [5.41, 5.74) is -0.140. The van der Waals surface area contributed by atoms with Crippen LogP contribution < -0.4 is 0 Å². The molecule has 0 fully saturated rings. The summed E-state index contributed by atoms with van der Waals surface area (Å²) in [4.78, 5) is 12.2. The molecule has 0 aliphatic carbocycles. The number of ketones is 1. The van der Waals surface area contributed by atoms with E-state index in [0.29, 0.717) is 0 Å². The lowest BCUT2D eigenvalue weighted by atomic mass is 10.1. The predicted molar refractivity (Wildman–Crippen MR) is 78.5 cm³/mol. The topological polar surface area (TPSA) is 83.8 Å².